The van der Waals surface area contributed by atoms with E-state index in [-0.39, 0.29) is 28.5 Å². The molecule has 1 saturated heterocycles. The molecule has 1 N–H and O–H groups in total. The van der Waals surface area contributed by atoms with Gasteiger partial charge in [-0.15, -0.1) is 0 Å². The zero-order valence-electron chi connectivity index (χ0n) is 18.0. The number of rotatable bonds is 7. The molecule has 0 spiro atoms. The molecule has 170 valence electrons. The Morgan fingerprint density at radius 3 is 2.75 bits per heavy atom. The molecular weight excluding hydrogens is 432 g/mol. The normalized spacial score (nSPS) is 19.8. The number of amides is 1. The first kappa shape index (κ1) is 22.4. The largest absolute Gasteiger partial charge is 0.385 e. The number of carbonyl (C=O) groups is 1. The quantitative estimate of drug-likeness (QED) is 0.389. The van der Waals surface area contributed by atoms with Crippen LogP contribution in [-0.2, 0) is 16.0 Å². The first-order valence-corrected chi connectivity index (χ1v) is 11.2. The number of fused-ring (bicyclic) bond motifs is 3. The second kappa shape index (κ2) is 9.75. The lowest BCUT2D eigenvalue weighted by molar-refractivity contribution is -0.384. The van der Waals surface area contributed by atoms with E-state index in [2.05, 4.69) is 15.1 Å². The minimum absolute atomic E-state index is 0.0220. The van der Waals surface area contributed by atoms with E-state index in [1.165, 1.54) is 0 Å². The number of nitrogens with zero attached hydrogens (tertiary/aromatic N) is 3. The Morgan fingerprint density at radius 1 is 1.25 bits per heavy atom. The van der Waals surface area contributed by atoms with Gasteiger partial charge in [0.15, 0.2) is 0 Å². The number of nitro benzene ring substituents is 1. The fraction of sp³-hybridized carbons (Fsp3) is 0.435. The Morgan fingerprint density at radius 2 is 2.03 bits per heavy atom. The average molecular weight is 459 g/mol. The van der Waals surface area contributed by atoms with E-state index in [1.807, 2.05) is 30.3 Å². The number of nitro groups is 1. The monoisotopic (exact) mass is 458 g/mol. The van der Waals surface area contributed by atoms with Crippen molar-refractivity contribution < 1.29 is 14.5 Å². The van der Waals surface area contributed by atoms with Crippen LogP contribution in [-0.4, -0.2) is 56.8 Å². The van der Waals surface area contributed by atoms with Gasteiger partial charge in [0, 0.05) is 68.4 Å². The number of ether oxygens (including phenoxy) is 1. The summed E-state index contributed by atoms with van der Waals surface area (Å²) in [6.07, 6.45) is 1.21. The van der Waals surface area contributed by atoms with Gasteiger partial charge in [0.05, 0.1) is 16.9 Å². The van der Waals surface area contributed by atoms with E-state index >= 15 is 0 Å². The summed E-state index contributed by atoms with van der Waals surface area (Å²) in [5.74, 6) is -0.326. The van der Waals surface area contributed by atoms with Crippen molar-refractivity contribution in [2.45, 2.75) is 18.9 Å². The summed E-state index contributed by atoms with van der Waals surface area (Å²) in [6, 6.07) is 12.7. The van der Waals surface area contributed by atoms with Crippen LogP contribution in [0.2, 0.25) is 5.02 Å². The predicted octanol–water partition coefficient (Wildman–Crippen LogP) is 3.27. The number of benzene rings is 2. The molecule has 0 radical (unpaired) electrons. The van der Waals surface area contributed by atoms with Crippen molar-refractivity contribution in [2.75, 3.05) is 49.7 Å². The highest BCUT2D eigenvalue weighted by atomic mass is 35.5. The number of halogens is 1. The summed E-state index contributed by atoms with van der Waals surface area (Å²) in [5.41, 5.74) is 2.97. The van der Waals surface area contributed by atoms with E-state index < -0.39 is 0 Å². The number of hydrogen-bond donors (Lipinski definition) is 1. The Balaban J connectivity index is 1.60. The molecule has 0 bridgehead atoms. The minimum atomic E-state index is -0.384. The summed E-state index contributed by atoms with van der Waals surface area (Å²) < 4.78 is 5.07. The second-order valence-electron chi connectivity index (χ2n) is 8.20. The molecule has 0 aliphatic carbocycles. The molecule has 2 aliphatic heterocycles. The van der Waals surface area contributed by atoms with Crippen molar-refractivity contribution in [3.63, 3.8) is 0 Å². The lowest BCUT2D eigenvalue weighted by atomic mass is 9.83. The van der Waals surface area contributed by atoms with Crippen LogP contribution in [0.25, 0.3) is 0 Å². The van der Waals surface area contributed by atoms with Crippen molar-refractivity contribution >= 4 is 34.6 Å². The molecule has 9 heteroatoms. The highest BCUT2D eigenvalue weighted by molar-refractivity contribution is 6.30. The van der Waals surface area contributed by atoms with Crippen molar-refractivity contribution in [3.8, 4) is 0 Å². The van der Waals surface area contributed by atoms with E-state index in [0.717, 1.165) is 36.4 Å². The molecule has 32 heavy (non-hydrogen) atoms. The van der Waals surface area contributed by atoms with Gasteiger partial charge in [0.25, 0.3) is 5.69 Å². The first-order chi connectivity index (χ1) is 15.5. The number of piperazine rings is 1. The molecule has 8 nitrogen and oxygen atoms in total. The lowest BCUT2D eigenvalue weighted by Crippen LogP contribution is -2.61. The molecule has 0 saturated carbocycles. The van der Waals surface area contributed by atoms with Gasteiger partial charge in [-0.25, -0.2) is 0 Å². The number of hydrogen-bond acceptors (Lipinski definition) is 6. The molecule has 4 rings (SSSR count). The van der Waals surface area contributed by atoms with E-state index in [0.29, 0.717) is 31.1 Å². The Hall–Kier alpha value is -2.84. The smallest absolute Gasteiger partial charge is 0.269 e. The number of non-ortho nitro benzene ring substituents is 1. The van der Waals surface area contributed by atoms with Gasteiger partial charge in [-0.1, -0.05) is 11.6 Å². The predicted molar refractivity (Wildman–Crippen MR) is 125 cm³/mol. The number of methoxy groups -OCH3 is 1. The van der Waals surface area contributed by atoms with Crippen LogP contribution in [0.3, 0.4) is 0 Å². The summed E-state index contributed by atoms with van der Waals surface area (Å²) in [7, 11) is 1.64. The fourth-order valence-corrected chi connectivity index (χ4v) is 4.79. The lowest BCUT2D eigenvalue weighted by Gasteiger charge is -2.49. The Kier molecular flexibility index (Phi) is 6.81. The molecule has 0 aromatic heterocycles. The van der Waals surface area contributed by atoms with Gasteiger partial charge in [0.2, 0.25) is 5.91 Å². The van der Waals surface area contributed by atoms with Crippen LogP contribution in [0.4, 0.5) is 17.1 Å². The van der Waals surface area contributed by atoms with Gasteiger partial charge in [0.1, 0.15) is 0 Å². The van der Waals surface area contributed by atoms with Crippen LogP contribution in [0.1, 0.15) is 12.0 Å². The first-order valence-electron chi connectivity index (χ1n) is 10.8. The SMILES string of the molecule is COCCCNC(=O)[C@H]1Cc2cc([N+](=O)[O-])ccc2N2CCN(c3ccc(Cl)cc3)C[C@H]12. The highest BCUT2D eigenvalue weighted by Crippen LogP contribution is 2.38. The third-order valence-corrected chi connectivity index (χ3v) is 6.51. The molecular formula is C23H27ClN4O4. The maximum Gasteiger partial charge on any atom is 0.269 e. The Bertz CT molecular complexity index is 984. The van der Waals surface area contributed by atoms with Crippen molar-refractivity contribution in [3.05, 3.63) is 63.2 Å². The molecule has 2 atom stereocenters. The summed E-state index contributed by atoms with van der Waals surface area (Å²) in [5, 5.41) is 15.0. The molecule has 2 aliphatic rings. The van der Waals surface area contributed by atoms with Gasteiger partial charge < -0.3 is 19.9 Å². The second-order valence-corrected chi connectivity index (χ2v) is 8.64. The van der Waals surface area contributed by atoms with Crippen LogP contribution < -0.4 is 15.1 Å². The maximum absolute atomic E-state index is 13.2. The molecule has 2 aromatic rings. The number of carbonyl (C=O) groups excluding carboxylic acids is 1. The van der Waals surface area contributed by atoms with Gasteiger partial charge >= 0.3 is 0 Å². The summed E-state index contributed by atoms with van der Waals surface area (Å²) >= 11 is 6.05. The van der Waals surface area contributed by atoms with Crippen LogP contribution >= 0.6 is 11.6 Å². The van der Waals surface area contributed by atoms with Gasteiger partial charge in [-0.3, -0.25) is 14.9 Å². The zero-order chi connectivity index (χ0) is 22.7. The molecule has 2 heterocycles. The number of anilines is 2. The van der Waals surface area contributed by atoms with Crippen molar-refractivity contribution in [1.29, 1.82) is 0 Å². The topological polar surface area (TPSA) is 87.9 Å². The van der Waals surface area contributed by atoms with Crippen molar-refractivity contribution in [1.82, 2.24) is 5.32 Å². The highest BCUT2D eigenvalue weighted by Gasteiger charge is 2.42. The molecule has 1 amide bonds. The van der Waals surface area contributed by atoms with E-state index in [4.69, 9.17) is 16.3 Å². The maximum atomic E-state index is 13.2. The summed E-state index contributed by atoms with van der Waals surface area (Å²) in [4.78, 5) is 28.6. The minimum Gasteiger partial charge on any atom is -0.385 e. The average Bonchev–Trinajstić information content (AvgIpc) is 2.80. The van der Waals surface area contributed by atoms with E-state index in [1.54, 1.807) is 19.2 Å². The molecule has 1 fully saturated rings. The van der Waals surface area contributed by atoms with Crippen LogP contribution in [0.15, 0.2) is 42.5 Å². The number of nitrogens with one attached hydrogen (secondary N) is 1. The van der Waals surface area contributed by atoms with Crippen LogP contribution in [0, 0.1) is 16.0 Å². The van der Waals surface area contributed by atoms with Crippen molar-refractivity contribution in [2.24, 2.45) is 5.92 Å². The van der Waals surface area contributed by atoms with Crippen LogP contribution in [0.5, 0.6) is 0 Å². The molecule has 0 unspecified atom stereocenters. The Labute approximate surface area is 192 Å². The van der Waals surface area contributed by atoms with Gasteiger partial charge in [-0.05, 0) is 48.7 Å². The van der Waals surface area contributed by atoms with Gasteiger partial charge in [-0.2, -0.15) is 0 Å². The summed E-state index contributed by atoms with van der Waals surface area (Å²) in [6.45, 7) is 3.33. The third-order valence-electron chi connectivity index (χ3n) is 6.26. The standard InChI is InChI=1S/C23H27ClN4O4/c1-32-12-2-9-25-23(29)20-14-16-13-19(28(30)31)7-8-21(16)27-11-10-26(15-22(20)27)18-5-3-17(24)4-6-18/h3-8,13,20,22H,2,9-12,14-15H2,1H3,(H,25,29)/t20-,22+/m0/s1. The fourth-order valence-electron chi connectivity index (χ4n) is 4.67. The third kappa shape index (κ3) is 4.66. The zero-order valence-corrected chi connectivity index (χ0v) is 18.8. The molecule has 2 aromatic carbocycles. The van der Waals surface area contributed by atoms with E-state index in [9.17, 15) is 14.9 Å².